The minimum absolute atomic E-state index is 0.117. The van der Waals surface area contributed by atoms with E-state index in [0.29, 0.717) is 4.34 Å². The predicted octanol–water partition coefficient (Wildman–Crippen LogP) is 3.08. The van der Waals surface area contributed by atoms with Crippen molar-refractivity contribution in [3.8, 4) is 0 Å². The molecule has 3 nitrogen and oxygen atoms in total. The largest absolute Gasteiger partial charge is 0.373 e. The lowest BCUT2D eigenvalue weighted by Gasteiger charge is -2.38. The van der Waals surface area contributed by atoms with E-state index in [0.717, 1.165) is 18.0 Å². The summed E-state index contributed by atoms with van der Waals surface area (Å²) in [6, 6.07) is 3.46. The van der Waals surface area contributed by atoms with Crippen molar-refractivity contribution in [1.29, 1.82) is 0 Å². The predicted molar refractivity (Wildman–Crippen MR) is 74.7 cm³/mol. The Morgan fingerprint density at radius 1 is 1.44 bits per heavy atom. The average Bonchev–Trinajstić information content (AvgIpc) is 2.72. The Kier molecular flexibility index (Phi) is 4.43. The number of hydrogen-bond acceptors (Lipinski definition) is 4. The molecule has 1 aromatic rings. The van der Waals surface area contributed by atoms with Gasteiger partial charge in [0.2, 0.25) is 0 Å². The number of nitrogens with zero attached hydrogens (tertiary/aromatic N) is 1. The fraction of sp³-hybridized carbons (Fsp3) is 0.615. The molecule has 1 saturated heterocycles. The fourth-order valence-corrected chi connectivity index (χ4v) is 3.42. The Hall–Kier alpha value is -0.420. The van der Waals surface area contributed by atoms with Crippen LogP contribution in [0, 0.1) is 0 Å². The molecule has 1 unspecified atom stereocenters. The summed E-state index contributed by atoms with van der Waals surface area (Å²) in [6.45, 7) is 7.65. The molecule has 18 heavy (non-hydrogen) atoms. The van der Waals surface area contributed by atoms with E-state index in [1.165, 1.54) is 11.3 Å². The lowest BCUT2D eigenvalue weighted by Crippen LogP contribution is -2.51. The van der Waals surface area contributed by atoms with Crippen molar-refractivity contribution in [3.05, 3.63) is 21.3 Å². The van der Waals surface area contributed by atoms with Crippen molar-refractivity contribution in [1.82, 2.24) is 4.90 Å². The molecule has 0 N–H and O–H groups in total. The minimum atomic E-state index is -0.117. The Labute approximate surface area is 117 Å². The van der Waals surface area contributed by atoms with E-state index in [4.69, 9.17) is 16.3 Å². The highest BCUT2D eigenvalue weighted by Crippen LogP contribution is 2.24. The van der Waals surface area contributed by atoms with Crippen LogP contribution in [0.25, 0.3) is 0 Å². The lowest BCUT2D eigenvalue weighted by atomic mass is 10.1. The van der Waals surface area contributed by atoms with Crippen LogP contribution in [0.3, 0.4) is 0 Å². The highest BCUT2D eigenvalue weighted by molar-refractivity contribution is 7.18. The summed E-state index contributed by atoms with van der Waals surface area (Å²) < 4.78 is 6.35. The van der Waals surface area contributed by atoms with Crippen LogP contribution in [0.15, 0.2) is 12.1 Å². The van der Waals surface area contributed by atoms with Gasteiger partial charge in [0, 0.05) is 13.1 Å². The summed E-state index contributed by atoms with van der Waals surface area (Å²) in [5.41, 5.74) is 0. The van der Waals surface area contributed by atoms with Gasteiger partial charge in [-0.3, -0.25) is 9.69 Å². The standard InChI is InChI=1S/C13H18ClNO2S/c1-8-6-15(7-9(2)17-8)10(3)13(16)11-4-5-12(14)18-11/h4-5,8-10H,6-7H2,1-3H3/t8-,9+,10?. The van der Waals surface area contributed by atoms with Crippen molar-refractivity contribution >= 4 is 28.7 Å². The molecule has 1 aliphatic heterocycles. The minimum Gasteiger partial charge on any atom is -0.373 e. The van der Waals surface area contributed by atoms with Crippen molar-refractivity contribution in [2.24, 2.45) is 0 Å². The molecule has 1 fully saturated rings. The van der Waals surface area contributed by atoms with E-state index in [1.807, 2.05) is 20.8 Å². The van der Waals surface area contributed by atoms with Gasteiger partial charge >= 0.3 is 0 Å². The third kappa shape index (κ3) is 3.12. The normalized spacial score (nSPS) is 27.1. The van der Waals surface area contributed by atoms with Gasteiger partial charge in [0.05, 0.1) is 27.5 Å². The third-order valence-electron chi connectivity index (χ3n) is 3.19. The maximum atomic E-state index is 12.3. The zero-order valence-electron chi connectivity index (χ0n) is 10.9. The number of ether oxygens (including phenoxy) is 1. The Morgan fingerprint density at radius 2 is 2.06 bits per heavy atom. The Bertz CT molecular complexity index is 424. The van der Waals surface area contributed by atoms with Gasteiger partial charge in [-0.1, -0.05) is 11.6 Å². The first-order valence-electron chi connectivity index (χ1n) is 6.16. The van der Waals surface area contributed by atoms with Gasteiger partial charge in [-0.2, -0.15) is 0 Å². The quantitative estimate of drug-likeness (QED) is 0.800. The highest BCUT2D eigenvalue weighted by atomic mass is 35.5. The number of carbonyl (C=O) groups is 1. The Balaban J connectivity index is 2.06. The van der Waals surface area contributed by atoms with E-state index in [1.54, 1.807) is 12.1 Å². The molecular formula is C13H18ClNO2S. The molecule has 2 rings (SSSR count). The van der Waals surface area contributed by atoms with Crippen LogP contribution in [0.1, 0.15) is 30.4 Å². The first-order valence-corrected chi connectivity index (χ1v) is 7.36. The molecule has 0 radical (unpaired) electrons. The van der Waals surface area contributed by atoms with E-state index in [2.05, 4.69) is 4.90 Å². The van der Waals surface area contributed by atoms with Gasteiger partial charge in [-0.15, -0.1) is 11.3 Å². The number of hydrogen-bond donors (Lipinski definition) is 0. The first kappa shape index (κ1) is 14.0. The second-order valence-electron chi connectivity index (χ2n) is 4.86. The van der Waals surface area contributed by atoms with Gasteiger partial charge in [0.25, 0.3) is 0 Å². The summed E-state index contributed by atoms with van der Waals surface area (Å²) in [5, 5.41) is 0. The zero-order valence-corrected chi connectivity index (χ0v) is 12.4. The molecule has 3 atom stereocenters. The van der Waals surface area contributed by atoms with E-state index in [-0.39, 0.29) is 24.0 Å². The van der Waals surface area contributed by atoms with Crippen molar-refractivity contribution in [2.45, 2.75) is 39.0 Å². The van der Waals surface area contributed by atoms with Gasteiger partial charge < -0.3 is 4.74 Å². The molecule has 0 saturated carbocycles. The van der Waals surface area contributed by atoms with Crippen molar-refractivity contribution in [3.63, 3.8) is 0 Å². The van der Waals surface area contributed by atoms with Crippen LogP contribution in [-0.4, -0.2) is 42.0 Å². The van der Waals surface area contributed by atoms with Gasteiger partial charge in [-0.05, 0) is 32.9 Å². The van der Waals surface area contributed by atoms with Gasteiger partial charge in [0.1, 0.15) is 0 Å². The number of ketones is 1. The second kappa shape index (κ2) is 5.70. The number of thiophene rings is 1. The van der Waals surface area contributed by atoms with E-state index < -0.39 is 0 Å². The molecular weight excluding hydrogens is 270 g/mol. The Morgan fingerprint density at radius 3 is 2.56 bits per heavy atom. The maximum absolute atomic E-state index is 12.3. The van der Waals surface area contributed by atoms with E-state index in [9.17, 15) is 4.79 Å². The molecule has 2 heterocycles. The van der Waals surface area contributed by atoms with Gasteiger partial charge in [-0.25, -0.2) is 0 Å². The van der Waals surface area contributed by atoms with Crippen molar-refractivity contribution < 1.29 is 9.53 Å². The summed E-state index contributed by atoms with van der Waals surface area (Å²) in [7, 11) is 0. The molecule has 1 aromatic heterocycles. The molecule has 0 amide bonds. The molecule has 0 spiro atoms. The molecule has 0 aromatic carbocycles. The summed E-state index contributed by atoms with van der Waals surface area (Å²) in [5.74, 6) is 0.146. The first-order chi connectivity index (χ1) is 8.47. The van der Waals surface area contributed by atoms with Crippen LogP contribution in [0.4, 0.5) is 0 Å². The molecule has 5 heteroatoms. The fourth-order valence-electron chi connectivity index (χ4n) is 2.35. The number of Topliss-reactive ketones (excluding diaryl/α,β-unsaturated/α-hetero) is 1. The third-order valence-corrected chi connectivity index (χ3v) is 4.44. The van der Waals surface area contributed by atoms with E-state index >= 15 is 0 Å². The monoisotopic (exact) mass is 287 g/mol. The summed E-state index contributed by atoms with van der Waals surface area (Å²) in [4.78, 5) is 15.3. The van der Waals surface area contributed by atoms with Crippen LogP contribution in [0.5, 0.6) is 0 Å². The number of carbonyl (C=O) groups excluding carboxylic acids is 1. The number of rotatable bonds is 3. The molecule has 1 aliphatic rings. The molecule has 0 aliphatic carbocycles. The SMILES string of the molecule is CC(C(=O)c1ccc(Cl)s1)N1C[C@@H](C)O[C@@H](C)C1. The van der Waals surface area contributed by atoms with Crippen LogP contribution < -0.4 is 0 Å². The second-order valence-corrected chi connectivity index (χ2v) is 6.57. The topological polar surface area (TPSA) is 29.5 Å². The van der Waals surface area contributed by atoms with Gasteiger partial charge in [0.15, 0.2) is 5.78 Å². The smallest absolute Gasteiger partial charge is 0.189 e. The van der Waals surface area contributed by atoms with Crippen LogP contribution >= 0.6 is 22.9 Å². The van der Waals surface area contributed by atoms with Crippen LogP contribution in [0.2, 0.25) is 4.34 Å². The van der Waals surface area contributed by atoms with Crippen molar-refractivity contribution in [2.75, 3.05) is 13.1 Å². The number of halogens is 1. The maximum Gasteiger partial charge on any atom is 0.189 e. The summed E-state index contributed by atoms with van der Waals surface area (Å²) in [6.07, 6.45) is 0.354. The number of morpholine rings is 1. The summed E-state index contributed by atoms with van der Waals surface area (Å²) >= 11 is 7.22. The highest BCUT2D eigenvalue weighted by Gasteiger charge is 2.30. The lowest BCUT2D eigenvalue weighted by molar-refractivity contribution is -0.0744. The zero-order chi connectivity index (χ0) is 13.3. The molecule has 0 bridgehead atoms. The average molecular weight is 288 g/mol. The van der Waals surface area contributed by atoms with Crippen LogP contribution in [-0.2, 0) is 4.74 Å². The molecule has 100 valence electrons.